The lowest BCUT2D eigenvalue weighted by molar-refractivity contribution is -0.129. The van der Waals surface area contributed by atoms with Crippen LogP contribution in [0.5, 0.6) is 0 Å². The van der Waals surface area contributed by atoms with Crippen LogP contribution in [0, 0.1) is 0 Å². The topological polar surface area (TPSA) is 49.6 Å². The predicted octanol–water partition coefficient (Wildman–Crippen LogP) is 1.06. The second-order valence-corrected chi connectivity index (χ2v) is 4.97. The number of nitrogens with zero attached hydrogens (tertiary/aromatic N) is 2. The smallest absolute Gasteiger partial charge is 0.236 e. The van der Waals surface area contributed by atoms with Gasteiger partial charge in [-0.15, -0.1) is 0 Å². The largest absolute Gasteiger partial charge is 0.368 e. The molecule has 0 radical (unpaired) electrons. The maximum atomic E-state index is 11.4. The van der Waals surface area contributed by atoms with Crippen LogP contribution in [-0.2, 0) is 4.79 Å². The zero-order valence-corrected chi connectivity index (χ0v) is 11.2. The van der Waals surface area contributed by atoms with Crippen LogP contribution in [-0.4, -0.2) is 43.5 Å². The van der Waals surface area contributed by atoms with Gasteiger partial charge in [0.2, 0.25) is 5.91 Å². The molecule has 17 heavy (non-hydrogen) atoms. The van der Waals surface area contributed by atoms with E-state index in [0.29, 0.717) is 0 Å². The van der Waals surface area contributed by atoms with Crippen molar-refractivity contribution in [3.63, 3.8) is 0 Å². The summed E-state index contributed by atoms with van der Waals surface area (Å²) < 4.78 is 1.08. The molecule has 1 aromatic carbocycles. The third-order valence-electron chi connectivity index (χ3n) is 2.98. The van der Waals surface area contributed by atoms with Gasteiger partial charge in [-0.05, 0) is 18.2 Å². The number of carbonyl (C=O) groups excluding carboxylic acids is 1. The molecule has 0 atom stereocenters. The first kappa shape index (κ1) is 12.4. The van der Waals surface area contributed by atoms with Gasteiger partial charge < -0.3 is 15.5 Å². The number of amides is 1. The van der Waals surface area contributed by atoms with Crippen molar-refractivity contribution >= 4 is 27.5 Å². The van der Waals surface area contributed by atoms with E-state index >= 15 is 0 Å². The van der Waals surface area contributed by atoms with Gasteiger partial charge in [0.05, 0.1) is 6.54 Å². The molecule has 1 aromatic rings. The molecule has 0 saturated carbocycles. The second kappa shape index (κ2) is 5.51. The molecule has 1 saturated heterocycles. The second-order valence-electron chi connectivity index (χ2n) is 4.05. The van der Waals surface area contributed by atoms with Crippen molar-refractivity contribution in [2.45, 2.75) is 0 Å². The van der Waals surface area contributed by atoms with Crippen molar-refractivity contribution in [3.05, 3.63) is 28.7 Å². The Bertz CT molecular complexity index is 402. The molecule has 1 aliphatic heterocycles. The van der Waals surface area contributed by atoms with Crippen LogP contribution in [0.15, 0.2) is 28.7 Å². The van der Waals surface area contributed by atoms with Crippen LogP contribution in [0.1, 0.15) is 0 Å². The van der Waals surface area contributed by atoms with E-state index in [1.54, 1.807) is 0 Å². The van der Waals surface area contributed by atoms with E-state index in [4.69, 9.17) is 5.73 Å². The number of hydrogen-bond acceptors (Lipinski definition) is 3. The number of anilines is 1. The van der Waals surface area contributed by atoms with Gasteiger partial charge in [-0.2, -0.15) is 0 Å². The number of rotatable bonds is 2. The van der Waals surface area contributed by atoms with Gasteiger partial charge in [0.25, 0.3) is 0 Å². The van der Waals surface area contributed by atoms with E-state index in [9.17, 15) is 4.79 Å². The summed E-state index contributed by atoms with van der Waals surface area (Å²) in [5, 5.41) is 0. The molecule has 0 unspecified atom stereocenters. The lowest BCUT2D eigenvalue weighted by Crippen LogP contribution is -2.50. The van der Waals surface area contributed by atoms with Crippen LogP contribution in [0.2, 0.25) is 0 Å². The van der Waals surface area contributed by atoms with Crippen molar-refractivity contribution in [2.75, 3.05) is 37.6 Å². The van der Waals surface area contributed by atoms with Gasteiger partial charge in [0.1, 0.15) is 0 Å². The number of benzene rings is 1. The molecule has 1 amide bonds. The van der Waals surface area contributed by atoms with E-state index in [0.717, 1.165) is 30.7 Å². The first-order valence-corrected chi connectivity index (χ1v) is 6.48. The molecule has 92 valence electrons. The molecule has 0 spiro atoms. The van der Waals surface area contributed by atoms with Crippen molar-refractivity contribution in [1.82, 2.24) is 4.90 Å². The van der Waals surface area contributed by atoms with Crippen molar-refractivity contribution in [2.24, 2.45) is 5.73 Å². The monoisotopic (exact) mass is 297 g/mol. The molecular formula is C12H16BrN3O. The Morgan fingerprint density at radius 2 is 2.00 bits per heavy atom. The lowest BCUT2D eigenvalue weighted by atomic mass is 10.2. The molecule has 2 N–H and O–H groups in total. The summed E-state index contributed by atoms with van der Waals surface area (Å²) in [5.41, 5.74) is 6.55. The average molecular weight is 298 g/mol. The van der Waals surface area contributed by atoms with Crippen LogP contribution >= 0.6 is 15.9 Å². The molecule has 0 bridgehead atoms. The van der Waals surface area contributed by atoms with Gasteiger partial charge in [0, 0.05) is 36.3 Å². The number of nitrogens with two attached hydrogens (primary N) is 1. The fourth-order valence-electron chi connectivity index (χ4n) is 2.02. The maximum absolute atomic E-state index is 11.4. The quantitative estimate of drug-likeness (QED) is 0.888. The molecular weight excluding hydrogens is 282 g/mol. The summed E-state index contributed by atoms with van der Waals surface area (Å²) in [5.74, 6) is 0.0406. The van der Waals surface area contributed by atoms with Crippen LogP contribution in [0.25, 0.3) is 0 Å². The zero-order valence-electron chi connectivity index (χ0n) is 9.60. The van der Waals surface area contributed by atoms with Crippen molar-refractivity contribution in [3.8, 4) is 0 Å². The third kappa shape index (κ3) is 2.98. The Hall–Kier alpha value is -1.07. The fourth-order valence-corrected chi connectivity index (χ4v) is 2.40. The normalized spacial score (nSPS) is 16.1. The summed E-state index contributed by atoms with van der Waals surface area (Å²) in [7, 11) is 0. The van der Waals surface area contributed by atoms with Gasteiger partial charge >= 0.3 is 0 Å². The van der Waals surface area contributed by atoms with Crippen LogP contribution < -0.4 is 10.6 Å². The number of piperazine rings is 1. The third-order valence-corrected chi connectivity index (χ3v) is 3.47. The first-order valence-electron chi connectivity index (χ1n) is 5.69. The molecule has 2 rings (SSSR count). The van der Waals surface area contributed by atoms with Gasteiger partial charge in [-0.25, -0.2) is 0 Å². The molecule has 1 heterocycles. The SMILES string of the molecule is NCC(=O)N1CCN(c2cccc(Br)c2)CC1. The molecule has 0 aromatic heterocycles. The fraction of sp³-hybridized carbons (Fsp3) is 0.417. The zero-order chi connectivity index (χ0) is 12.3. The van der Waals surface area contributed by atoms with Crippen LogP contribution in [0.4, 0.5) is 5.69 Å². The van der Waals surface area contributed by atoms with Gasteiger partial charge in [-0.1, -0.05) is 22.0 Å². The first-order chi connectivity index (χ1) is 8.20. The highest BCUT2D eigenvalue weighted by Crippen LogP contribution is 2.21. The molecule has 0 aliphatic carbocycles. The molecule has 1 fully saturated rings. The van der Waals surface area contributed by atoms with E-state index in [1.807, 2.05) is 17.0 Å². The summed E-state index contributed by atoms with van der Waals surface area (Å²) in [4.78, 5) is 15.5. The Morgan fingerprint density at radius 1 is 1.29 bits per heavy atom. The summed E-state index contributed by atoms with van der Waals surface area (Å²) in [6.07, 6.45) is 0. The Kier molecular flexibility index (Phi) is 4.02. The average Bonchev–Trinajstić information content (AvgIpc) is 2.38. The highest BCUT2D eigenvalue weighted by molar-refractivity contribution is 9.10. The lowest BCUT2D eigenvalue weighted by Gasteiger charge is -2.36. The highest BCUT2D eigenvalue weighted by Gasteiger charge is 2.20. The predicted molar refractivity (Wildman–Crippen MR) is 72.0 cm³/mol. The van der Waals surface area contributed by atoms with Crippen molar-refractivity contribution in [1.29, 1.82) is 0 Å². The standard InChI is InChI=1S/C12H16BrN3O/c13-10-2-1-3-11(8-10)15-4-6-16(7-5-15)12(17)9-14/h1-3,8H,4-7,9,14H2. The van der Waals surface area contributed by atoms with E-state index in [-0.39, 0.29) is 12.5 Å². The van der Waals surface area contributed by atoms with Crippen LogP contribution in [0.3, 0.4) is 0 Å². The number of halogens is 1. The number of hydrogen-bond donors (Lipinski definition) is 1. The Morgan fingerprint density at radius 3 is 2.59 bits per heavy atom. The number of carbonyl (C=O) groups is 1. The van der Waals surface area contributed by atoms with E-state index in [1.165, 1.54) is 5.69 Å². The minimum atomic E-state index is 0.0406. The van der Waals surface area contributed by atoms with Gasteiger partial charge in [-0.3, -0.25) is 4.79 Å². The molecule has 5 heteroatoms. The van der Waals surface area contributed by atoms with E-state index in [2.05, 4.69) is 33.0 Å². The summed E-state index contributed by atoms with van der Waals surface area (Å²) >= 11 is 3.47. The minimum Gasteiger partial charge on any atom is -0.368 e. The summed E-state index contributed by atoms with van der Waals surface area (Å²) in [6, 6.07) is 8.22. The molecule has 1 aliphatic rings. The van der Waals surface area contributed by atoms with Crippen molar-refractivity contribution < 1.29 is 4.79 Å². The molecule has 4 nitrogen and oxygen atoms in total. The maximum Gasteiger partial charge on any atom is 0.236 e. The minimum absolute atomic E-state index is 0.0406. The Balaban J connectivity index is 1.97. The van der Waals surface area contributed by atoms with E-state index < -0.39 is 0 Å². The van der Waals surface area contributed by atoms with Gasteiger partial charge in [0.15, 0.2) is 0 Å². The summed E-state index contributed by atoms with van der Waals surface area (Å²) in [6.45, 7) is 3.34. The highest BCUT2D eigenvalue weighted by atomic mass is 79.9. The Labute approximate surface area is 110 Å².